The molecule has 2 N–H and O–H groups in total. The molecule has 0 fully saturated rings. The van der Waals surface area contributed by atoms with Crippen LogP contribution < -0.4 is 5.32 Å². The lowest BCUT2D eigenvalue weighted by atomic mass is 10.0. The number of ether oxygens (including phenoxy) is 1. The number of nitro benzene ring substituents is 4. The zero-order valence-electron chi connectivity index (χ0n) is 21.6. The number of fused-ring (bicyclic) bond motifs is 3. The summed E-state index contributed by atoms with van der Waals surface area (Å²) in [7, 11) is 0. The van der Waals surface area contributed by atoms with Crippen molar-refractivity contribution >= 4 is 34.4 Å². The summed E-state index contributed by atoms with van der Waals surface area (Å²) in [5, 5.41) is 59.5. The lowest BCUT2D eigenvalue weighted by molar-refractivity contribution is -0.395. The Kier molecular flexibility index (Phi) is 9.48. The molecule has 17 nitrogen and oxygen atoms in total. The number of benzene rings is 2. The van der Waals surface area contributed by atoms with Crippen molar-refractivity contribution in [3.05, 3.63) is 88.0 Å². The van der Waals surface area contributed by atoms with Crippen LogP contribution in [0.1, 0.15) is 30.9 Å². The van der Waals surface area contributed by atoms with Crippen molar-refractivity contribution in [1.29, 1.82) is 0 Å². The zero-order valence-corrected chi connectivity index (χ0v) is 21.6. The summed E-state index contributed by atoms with van der Waals surface area (Å²) >= 11 is 0. The molecule has 0 aliphatic heterocycles. The number of aliphatic hydroxyl groups is 1. The third-order valence-electron chi connectivity index (χ3n) is 5.95. The van der Waals surface area contributed by atoms with Crippen LogP contribution in [0.25, 0.3) is 11.1 Å². The molecule has 1 atom stereocenters. The van der Waals surface area contributed by atoms with Gasteiger partial charge in [-0.3, -0.25) is 45.4 Å². The molecular formula is C24H24N6O11. The van der Waals surface area contributed by atoms with Crippen LogP contribution in [-0.4, -0.2) is 68.8 Å². The normalized spacial score (nSPS) is 12.2. The van der Waals surface area contributed by atoms with Crippen molar-refractivity contribution in [2.45, 2.75) is 25.9 Å². The van der Waals surface area contributed by atoms with Gasteiger partial charge in [-0.05, 0) is 26.3 Å². The molecule has 1 unspecified atom stereocenters. The topological polar surface area (TPSA) is 243 Å². The van der Waals surface area contributed by atoms with E-state index in [4.69, 9.17) is 4.74 Å². The molecule has 1 aliphatic rings. The maximum Gasteiger partial charge on any atom is 0.333 e. The number of non-ortho nitro benzene ring substituents is 2. The van der Waals surface area contributed by atoms with Crippen LogP contribution in [-0.2, 0) is 9.53 Å². The Balaban J connectivity index is 1.85. The Morgan fingerprint density at radius 3 is 1.88 bits per heavy atom. The number of esters is 1. The number of rotatable bonds is 14. The van der Waals surface area contributed by atoms with E-state index in [2.05, 4.69) is 16.9 Å². The maximum atomic E-state index is 11.8. The third kappa shape index (κ3) is 6.89. The standard InChI is InChI=1S/C24H24N6O11/c1-13(2)24(32)41-12-16(31)11-25-5-3-4-6-26-23-17-7-14(27(33)34)9-19(29(37)38)21(17)22-18(23)8-15(28(35)36)10-20(22)30(39)40/h7-10,16,25,31H,1,3-6,11-12H2,2H3. The van der Waals surface area contributed by atoms with Gasteiger partial charge in [-0.15, -0.1) is 0 Å². The lowest BCUT2D eigenvalue weighted by Crippen LogP contribution is -2.32. The number of unbranched alkanes of at least 4 members (excludes halogenated alkanes) is 1. The van der Waals surface area contributed by atoms with Gasteiger partial charge in [0.1, 0.15) is 12.7 Å². The molecule has 0 spiro atoms. The van der Waals surface area contributed by atoms with E-state index in [1.54, 1.807) is 0 Å². The van der Waals surface area contributed by atoms with Crippen LogP contribution >= 0.6 is 0 Å². The minimum absolute atomic E-state index is 0.0711. The zero-order chi connectivity index (χ0) is 30.4. The minimum Gasteiger partial charge on any atom is -0.460 e. The first-order valence-electron chi connectivity index (χ1n) is 12.0. The smallest absolute Gasteiger partial charge is 0.333 e. The van der Waals surface area contributed by atoms with Gasteiger partial charge in [0, 0.05) is 41.9 Å². The van der Waals surface area contributed by atoms with Gasteiger partial charge in [-0.25, -0.2) is 4.79 Å². The molecule has 0 saturated carbocycles. The second-order valence-electron chi connectivity index (χ2n) is 8.98. The summed E-state index contributed by atoms with van der Waals surface area (Å²) in [6, 6.07) is 3.35. The molecule has 3 rings (SSSR count). The van der Waals surface area contributed by atoms with Crippen molar-refractivity contribution < 1.29 is 34.3 Å². The van der Waals surface area contributed by atoms with E-state index in [-0.39, 0.29) is 53.2 Å². The number of aliphatic hydroxyl groups excluding tert-OH is 1. The summed E-state index contributed by atoms with van der Waals surface area (Å²) in [6.07, 6.45) is -0.0299. The molecule has 17 heteroatoms. The average molecular weight is 572 g/mol. The molecule has 0 aromatic heterocycles. The van der Waals surface area contributed by atoms with E-state index >= 15 is 0 Å². The maximum absolute atomic E-state index is 11.8. The van der Waals surface area contributed by atoms with Crippen LogP contribution in [0, 0.1) is 40.5 Å². The molecular weight excluding hydrogens is 548 g/mol. The van der Waals surface area contributed by atoms with Gasteiger partial charge >= 0.3 is 5.97 Å². The molecule has 216 valence electrons. The summed E-state index contributed by atoms with van der Waals surface area (Å²) in [5.74, 6) is -0.621. The SMILES string of the molecule is C=C(C)C(=O)OCC(O)CNCCCCN=C1c2cc([N+](=O)[O-])cc([N+](=O)[O-])c2-c2c1cc([N+](=O)[O-])cc2[N+](=O)[O-]. The van der Waals surface area contributed by atoms with E-state index < -0.39 is 54.5 Å². The number of carbonyl (C=O) groups is 1. The highest BCUT2D eigenvalue weighted by Gasteiger charge is 2.41. The molecule has 0 bridgehead atoms. The number of hydrogen-bond acceptors (Lipinski definition) is 13. The van der Waals surface area contributed by atoms with Gasteiger partial charge in [-0.1, -0.05) is 6.58 Å². The fourth-order valence-corrected chi connectivity index (χ4v) is 4.11. The molecule has 0 heterocycles. The molecule has 41 heavy (non-hydrogen) atoms. The molecule has 0 amide bonds. The first-order valence-corrected chi connectivity index (χ1v) is 12.0. The highest BCUT2D eigenvalue weighted by Crippen LogP contribution is 2.50. The number of hydrogen-bond donors (Lipinski definition) is 2. The number of nitro groups is 4. The van der Waals surface area contributed by atoms with Crippen LogP contribution in [0.5, 0.6) is 0 Å². The van der Waals surface area contributed by atoms with Crippen molar-refractivity contribution in [3.8, 4) is 11.1 Å². The lowest BCUT2D eigenvalue weighted by Gasteiger charge is -2.12. The van der Waals surface area contributed by atoms with Gasteiger partial charge in [-0.2, -0.15) is 0 Å². The predicted octanol–water partition coefficient (Wildman–Crippen LogP) is 2.99. The van der Waals surface area contributed by atoms with Gasteiger partial charge in [0.25, 0.3) is 22.7 Å². The van der Waals surface area contributed by atoms with Crippen molar-refractivity contribution in [1.82, 2.24) is 5.32 Å². The van der Waals surface area contributed by atoms with Gasteiger partial charge in [0.15, 0.2) is 0 Å². The van der Waals surface area contributed by atoms with E-state index in [1.165, 1.54) is 6.92 Å². The monoisotopic (exact) mass is 572 g/mol. The fraction of sp³-hybridized carbons (Fsp3) is 0.333. The third-order valence-corrected chi connectivity index (χ3v) is 5.95. The molecule has 2 aromatic rings. The van der Waals surface area contributed by atoms with E-state index in [0.29, 0.717) is 31.5 Å². The highest BCUT2D eigenvalue weighted by molar-refractivity contribution is 6.27. The predicted molar refractivity (Wildman–Crippen MR) is 143 cm³/mol. The first-order chi connectivity index (χ1) is 19.3. The van der Waals surface area contributed by atoms with Crippen LogP contribution in [0.2, 0.25) is 0 Å². The Morgan fingerprint density at radius 1 is 0.927 bits per heavy atom. The number of nitrogens with one attached hydrogen (secondary N) is 1. The number of carbonyl (C=O) groups excluding carboxylic acids is 1. The Hall–Kier alpha value is -5.16. The van der Waals surface area contributed by atoms with Crippen molar-refractivity contribution in [2.24, 2.45) is 4.99 Å². The van der Waals surface area contributed by atoms with Crippen LogP contribution in [0.4, 0.5) is 22.7 Å². The van der Waals surface area contributed by atoms with E-state index in [9.17, 15) is 50.4 Å². The molecule has 1 aliphatic carbocycles. The van der Waals surface area contributed by atoms with E-state index in [0.717, 1.165) is 12.1 Å². The highest BCUT2D eigenvalue weighted by atomic mass is 16.6. The summed E-state index contributed by atoms with van der Waals surface area (Å²) in [6.45, 7) is 5.30. The Labute approximate surface area is 230 Å². The van der Waals surface area contributed by atoms with Gasteiger partial charge in [0.05, 0.1) is 48.7 Å². The molecule has 0 radical (unpaired) electrons. The second-order valence-corrected chi connectivity index (χ2v) is 8.98. The fourth-order valence-electron chi connectivity index (χ4n) is 4.11. The van der Waals surface area contributed by atoms with Gasteiger partial charge < -0.3 is 15.2 Å². The van der Waals surface area contributed by atoms with Crippen LogP contribution in [0.15, 0.2) is 41.4 Å². The Bertz CT molecular complexity index is 1400. The van der Waals surface area contributed by atoms with Crippen LogP contribution in [0.3, 0.4) is 0 Å². The number of aliphatic imine (C=N–C) groups is 1. The molecule has 2 aromatic carbocycles. The first kappa shape index (κ1) is 30.4. The summed E-state index contributed by atoms with van der Waals surface area (Å²) in [4.78, 5) is 58.8. The minimum atomic E-state index is -0.955. The van der Waals surface area contributed by atoms with E-state index in [1.807, 2.05) is 0 Å². The number of nitrogens with zero attached hydrogens (tertiary/aromatic N) is 5. The summed E-state index contributed by atoms with van der Waals surface area (Å²) < 4.78 is 4.85. The summed E-state index contributed by atoms with van der Waals surface area (Å²) in [5.41, 5.74) is -3.50. The quantitative estimate of drug-likeness (QED) is 0.0930. The van der Waals surface area contributed by atoms with Gasteiger partial charge in [0.2, 0.25) is 0 Å². The van der Waals surface area contributed by atoms with Crippen molar-refractivity contribution in [3.63, 3.8) is 0 Å². The molecule has 0 saturated heterocycles. The van der Waals surface area contributed by atoms with Crippen molar-refractivity contribution in [2.75, 3.05) is 26.2 Å². The average Bonchev–Trinajstić information content (AvgIpc) is 3.22. The largest absolute Gasteiger partial charge is 0.460 e. The Morgan fingerprint density at radius 2 is 1.44 bits per heavy atom. The second kappa shape index (κ2) is 12.8.